The molecule has 1 heterocycles. The van der Waals surface area contributed by atoms with Crippen LogP contribution in [0.2, 0.25) is 5.02 Å². The fraction of sp³-hybridized carbons (Fsp3) is 0.450. The van der Waals surface area contributed by atoms with E-state index >= 15 is 0 Å². The number of ketones is 1. The van der Waals surface area contributed by atoms with Crippen molar-refractivity contribution in [3.63, 3.8) is 0 Å². The van der Waals surface area contributed by atoms with Crippen molar-refractivity contribution >= 4 is 29.3 Å². The highest BCUT2D eigenvalue weighted by Gasteiger charge is 2.54. The first-order valence-electron chi connectivity index (χ1n) is 8.76. The fourth-order valence-electron chi connectivity index (χ4n) is 3.45. The summed E-state index contributed by atoms with van der Waals surface area (Å²) in [6, 6.07) is 7.10. The highest BCUT2D eigenvalue weighted by molar-refractivity contribution is 6.30. The molecule has 0 spiro atoms. The summed E-state index contributed by atoms with van der Waals surface area (Å²) in [6.07, 6.45) is 6.64. The number of benzene rings is 1. The third-order valence-electron chi connectivity index (χ3n) is 4.89. The zero-order valence-corrected chi connectivity index (χ0v) is 15.7. The van der Waals surface area contributed by atoms with Gasteiger partial charge in [-0.15, -0.1) is 0 Å². The number of carbonyl (C=O) groups is 2. The van der Waals surface area contributed by atoms with Crippen LogP contribution in [0, 0.1) is 5.92 Å². The first-order valence-corrected chi connectivity index (χ1v) is 9.14. The number of carbonyl (C=O) groups excluding carboxylic acids is 2. The molecule has 6 heteroatoms. The molecule has 3 rings (SSSR count). The van der Waals surface area contributed by atoms with Crippen LogP contribution in [-0.2, 0) is 19.1 Å². The van der Waals surface area contributed by atoms with Crippen LogP contribution >= 0.6 is 11.6 Å². The lowest BCUT2D eigenvalue weighted by molar-refractivity contribution is -0.146. The van der Waals surface area contributed by atoms with Crippen LogP contribution in [0.1, 0.15) is 38.7 Å². The van der Waals surface area contributed by atoms with Crippen molar-refractivity contribution in [2.24, 2.45) is 10.9 Å². The summed E-state index contributed by atoms with van der Waals surface area (Å²) in [4.78, 5) is 28.7. The molecule has 1 aliphatic heterocycles. The van der Waals surface area contributed by atoms with Crippen molar-refractivity contribution in [2.75, 3.05) is 6.61 Å². The van der Waals surface area contributed by atoms with Crippen molar-refractivity contribution in [3.05, 3.63) is 47.0 Å². The van der Waals surface area contributed by atoms with E-state index in [-0.39, 0.29) is 18.3 Å². The molecule has 1 aliphatic carbocycles. The highest BCUT2D eigenvalue weighted by Crippen LogP contribution is 2.38. The fourth-order valence-corrected chi connectivity index (χ4v) is 3.58. The van der Waals surface area contributed by atoms with Crippen LogP contribution in [0.25, 0.3) is 0 Å². The Morgan fingerprint density at radius 2 is 2.04 bits per heavy atom. The SMILES string of the molecule is CC(=O)OC[C@@]1(C(C)=O)N=C(c2ccc(Cl)cc2)O[C@H]1[C@@H]1C=CCCC1. The molecule has 0 saturated carbocycles. The lowest BCUT2D eigenvalue weighted by atomic mass is 9.78. The van der Waals surface area contributed by atoms with E-state index in [4.69, 9.17) is 21.1 Å². The quantitative estimate of drug-likeness (QED) is 0.581. The van der Waals surface area contributed by atoms with Crippen LogP contribution in [0.4, 0.5) is 0 Å². The number of rotatable bonds is 5. The third-order valence-corrected chi connectivity index (χ3v) is 5.14. The van der Waals surface area contributed by atoms with Gasteiger partial charge in [0, 0.05) is 23.4 Å². The zero-order valence-electron chi connectivity index (χ0n) is 14.9. The number of ether oxygens (including phenoxy) is 2. The summed E-state index contributed by atoms with van der Waals surface area (Å²) < 4.78 is 11.4. The Kier molecular flexibility index (Phi) is 5.47. The maximum atomic E-state index is 12.6. The molecule has 1 aromatic carbocycles. The van der Waals surface area contributed by atoms with Crippen molar-refractivity contribution in [1.29, 1.82) is 0 Å². The van der Waals surface area contributed by atoms with Crippen LogP contribution in [-0.4, -0.2) is 35.9 Å². The number of allylic oxidation sites excluding steroid dienone is 1. The van der Waals surface area contributed by atoms with Crippen molar-refractivity contribution in [1.82, 2.24) is 0 Å². The van der Waals surface area contributed by atoms with Crippen molar-refractivity contribution in [2.45, 2.75) is 44.8 Å². The molecule has 0 fully saturated rings. The molecule has 0 amide bonds. The first kappa shape index (κ1) is 18.6. The number of hydrogen-bond donors (Lipinski definition) is 0. The minimum atomic E-state index is -1.23. The van der Waals surface area contributed by atoms with Gasteiger partial charge in [-0.25, -0.2) is 4.99 Å². The van der Waals surface area contributed by atoms with Gasteiger partial charge in [-0.2, -0.15) is 0 Å². The largest absolute Gasteiger partial charge is 0.470 e. The topological polar surface area (TPSA) is 65.0 Å². The normalized spacial score (nSPS) is 27.6. The van der Waals surface area contributed by atoms with Gasteiger partial charge in [-0.1, -0.05) is 23.8 Å². The van der Waals surface area contributed by atoms with E-state index in [1.807, 2.05) is 0 Å². The molecule has 2 aliphatic rings. The van der Waals surface area contributed by atoms with Crippen LogP contribution in [0.5, 0.6) is 0 Å². The number of hydrogen-bond acceptors (Lipinski definition) is 5. The number of Topliss-reactive ketones (excluding diaryl/α,β-unsaturated/α-hetero) is 1. The van der Waals surface area contributed by atoms with E-state index in [0.717, 1.165) is 24.8 Å². The standard InChI is InChI=1S/C20H22ClNO4/c1-13(23)20(12-25-14(2)24)18(15-6-4-3-5-7-15)26-19(22-20)16-8-10-17(21)11-9-16/h4,6,8-11,15,18H,3,5,7,12H2,1-2H3/t15-,18+,20+/m1/s1. The number of nitrogens with zero attached hydrogens (tertiary/aromatic N) is 1. The minimum Gasteiger partial charge on any atom is -0.470 e. The monoisotopic (exact) mass is 375 g/mol. The predicted octanol–water partition coefficient (Wildman–Crippen LogP) is 3.73. The molecule has 1 aromatic rings. The molecule has 0 unspecified atom stereocenters. The van der Waals surface area contributed by atoms with Gasteiger partial charge >= 0.3 is 5.97 Å². The van der Waals surface area contributed by atoms with Crippen molar-refractivity contribution < 1.29 is 19.1 Å². The molecule has 26 heavy (non-hydrogen) atoms. The third kappa shape index (κ3) is 3.68. The van der Waals surface area contributed by atoms with Crippen LogP contribution in [0.3, 0.4) is 0 Å². The Hall–Kier alpha value is -2.14. The molecule has 5 nitrogen and oxygen atoms in total. The zero-order chi connectivity index (χ0) is 18.7. The number of esters is 1. The summed E-state index contributed by atoms with van der Waals surface area (Å²) >= 11 is 5.96. The van der Waals surface area contributed by atoms with E-state index in [1.165, 1.54) is 13.8 Å². The number of aliphatic imine (C=N–C) groups is 1. The Morgan fingerprint density at radius 1 is 1.31 bits per heavy atom. The summed E-state index contributed by atoms with van der Waals surface area (Å²) in [5.74, 6) is -0.199. The second-order valence-corrected chi connectivity index (χ2v) is 7.18. The molecular formula is C20H22ClNO4. The highest BCUT2D eigenvalue weighted by atomic mass is 35.5. The smallest absolute Gasteiger partial charge is 0.302 e. The van der Waals surface area contributed by atoms with E-state index in [9.17, 15) is 9.59 Å². The number of halogens is 1. The summed E-state index contributed by atoms with van der Waals surface area (Å²) in [5, 5.41) is 0.608. The van der Waals surface area contributed by atoms with Gasteiger partial charge in [0.05, 0.1) is 0 Å². The summed E-state index contributed by atoms with van der Waals surface area (Å²) in [5.41, 5.74) is -0.488. The maximum Gasteiger partial charge on any atom is 0.302 e. The Labute approximate surface area is 158 Å². The van der Waals surface area contributed by atoms with Crippen LogP contribution < -0.4 is 0 Å². The summed E-state index contributed by atoms with van der Waals surface area (Å²) in [7, 11) is 0. The van der Waals surface area contributed by atoms with Gasteiger partial charge in [0.25, 0.3) is 0 Å². The van der Waals surface area contributed by atoms with Gasteiger partial charge in [0.2, 0.25) is 5.90 Å². The molecule has 0 bridgehead atoms. The second-order valence-electron chi connectivity index (χ2n) is 6.75. The Morgan fingerprint density at radius 3 is 2.62 bits per heavy atom. The first-order chi connectivity index (χ1) is 12.4. The Balaban J connectivity index is 2.00. The molecule has 0 saturated heterocycles. The molecule has 0 N–H and O–H groups in total. The molecule has 0 radical (unpaired) electrons. The molecule has 0 aromatic heterocycles. The van der Waals surface area contributed by atoms with Gasteiger partial charge in [0.1, 0.15) is 12.7 Å². The average molecular weight is 376 g/mol. The summed E-state index contributed by atoms with van der Waals surface area (Å²) in [6.45, 7) is 2.67. The van der Waals surface area contributed by atoms with Gasteiger partial charge < -0.3 is 9.47 Å². The average Bonchev–Trinajstić information content (AvgIpc) is 3.02. The van der Waals surface area contributed by atoms with E-state index in [2.05, 4.69) is 17.1 Å². The lowest BCUT2D eigenvalue weighted by Gasteiger charge is -2.33. The maximum absolute atomic E-state index is 12.6. The second kappa shape index (κ2) is 7.62. The van der Waals surface area contributed by atoms with Crippen molar-refractivity contribution in [3.8, 4) is 0 Å². The van der Waals surface area contributed by atoms with Gasteiger partial charge in [-0.05, 0) is 50.5 Å². The predicted molar refractivity (Wildman–Crippen MR) is 99.4 cm³/mol. The lowest BCUT2D eigenvalue weighted by Crippen LogP contribution is -2.52. The van der Waals surface area contributed by atoms with Gasteiger partial charge in [0.15, 0.2) is 11.3 Å². The molecular weight excluding hydrogens is 354 g/mol. The minimum absolute atomic E-state index is 0.0387. The molecule has 3 atom stereocenters. The van der Waals surface area contributed by atoms with Crippen LogP contribution in [0.15, 0.2) is 41.4 Å². The van der Waals surface area contributed by atoms with E-state index in [1.54, 1.807) is 24.3 Å². The van der Waals surface area contributed by atoms with Gasteiger partial charge in [-0.3, -0.25) is 9.59 Å². The Bertz CT molecular complexity index is 756. The molecule has 138 valence electrons. The van der Waals surface area contributed by atoms with E-state index in [0.29, 0.717) is 10.9 Å². The van der Waals surface area contributed by atoms with E-state index < -0.39 is 17.6 Å².